The number of nitrogens with two attached hydrogens (primary N) is 1. The summed E-state index contributed by atoms with van der Waals surface area (Å²) < 4.78 is 14.1. The Labute approximate surface area is 125 Å². The third-order valence-corrected chi connectivity index (χ3v) is 4.32. The van der Waals surface area contributed by atoms with Crippen molar-refractivity contribution in [1.29, 1.82) is 0 Å². The fraction of sp³-hybridized carbons (Fsp3) is 0.200. The summed E-state index contributed by atoms with van der Waals surface area (Å²) in [6.45, 7) is 0. The molecule has 0 aliphatic rings. The van der Waals surface area contributed by atoms with Crippen molar-refractivity contribution >= 4 is 27.7 Å². The minimum Gasteiger partial charge on any atom is -0.327 e. The molecule has 0 spiro atoms. The highest BCUT2D eigenvalue weighted by atomic mass is 79.9. The van der Waals surface area contributed by atoms with E-state index in [1.807, 2.05) is 18.2 Å². The lowest BCUT2D eigenvalue weighted by Gasteiger charge is -2.11. The van der Waals surface area contributed by atoms with Crippen LogP contribution in [0, 0.1) is 5.82 Å². The number of benzene rings is 2. The zero-order chi connectivity index (χ0) is 13.7. The largest absolute Gasteiger partial charge is 0.327 e. The third kappa shape index (κ3) is 4.97. The molecule has 1 unspecified atom stereocenters. The van der Waals surface area contributed by atoms with E-state index in [0.29, 0.717) is 6.42 Å². The van der Waals surface area contributed by atoms with Gasteiger partial charge in [-0.15, -0.1) is 11.8 Å². The van der Waals surface area contributed by atoms with Crippen molar-refractivity contribution in [2.75, 3.05) is 5.75 Å². The first-order valence-electron chi connectivity index (χ1n) is 6.02. The molecule has 4 heteroatoms. The maximum Gasteiger partial charge on any atom is 0.123 e. The average Bonchev–Trinajstić information content (AvgIpc) is 2.36. The first-order chi connectivity index (χ1) is 9.13. The van der Waals surface area contributed by atoms with Gasteiger partial charge in [-0.2, -0.15) is 0 Å². The van der Waals surface area contributed by atoms with Crippen LogP contribution in [0.1, 0.15) is 5.56 Å². The molecule has 0 radical (unpaired) electrons. The highest BCUT2D eigenvalue weighted by Gasteiger charge is 2.06. The molecule has 2 aromatic rings. The fourth-order valence-corrected chi connectivity index (χ4v) is 3.25. The van der Waals surface area contributed by atoms with E-state index >= 15 is 0 Å². The Hall–Kier alpha value is -0.840. The van der Waals surface area contributed by atoms with Crippen LogP contribution in [0.15, 0.2) is 57.9 Å². The van der Waals surface area contributed by atoms with Crippen LogP contribution in [0.3, 0.4) is 0 Å². The standard InChI is InChI=1S/C15H15BrFNS/c16-12-4-2-6-15(9-12)19-10-14(18)8-11-3-1-5-13(17)7-11/h1-7,9,14H,8,10,18H2. The average molecular weight is 340 g/mol. The van der Waals surface area contributed by atoms with Gasteiger partial charge in [0, 0.05) is 21.2 Å². The minimum absolute atomic E-state index is 0.0192. The molecule has 2 N–H and O–H groups in total. The summed E-state index contributed by atoms with van der Waals surface area (Å²) in [6, 6.07) is 14.8. The molecular formula is C15H15BrFNS. The molecule has 2 rings (SSSR count). The summed E-state index contributed by atoms with van der Waals surface area (Å²) in [5.74, 6) is 0.608. The minimum atomic E-state index is -0.204. The van der Waals surface area contributed by atoms with Gasteiger partial charge in [0.1, 0.15) is 5.82 Å². The Morgan fingerprint density at radius 2 is 1.95 bits per heavy atom. The van der Waals surface area contributed by atoms with Crippen LogP contribution in [-0.4, -0.2) is 11.8 Å². The number of thioether (sulfide) groups is 1. The van der Waals surface area contributed by atoms with Crippen LogP contribution in [0.25, 0.3) is 0 Å². The Morgan fingerprint density at radius 1 is 1.16 bits per heavy atom. The van der Waals surface area contributed by atoms with Crippen molar-refractivity contribution in [2.45, 2.75) is 17.4 Å². The molecule has 0 aromatic heterocycles. The van der Waals surface area contributed by atoms with Gasteiger partial charge in [0.05, 0.1) is 0 Å². The molecule has 19 heavy (non-hydrogen) atoms. The predicted molar refractivity (Wildman–Crippen MR) is 82.9 cm³/mol. The lowest BCUT2D eigenvalue weighted by atomic mass is 10.1. The van der Waals surface area contributed by atoms with Crippen molar-refractivity contribution in [1.82, 2.24) is 0 Å². The maximum absolute atomic E-state index is 13.1. The number of hydrogen-bond donors (Lipinski definition) is 1. The Balaban J connectivity index is 1.86. The number of hydrogen-bond acceptors (Lipinski definition) is 2. The molecule has 0 aliphatic carbocycles. The second-order valence-corrected chi connectivity index (χ2v) is 6.37. The fourth-order valence-electron chi connectivity index (χ4n) is 1.79. The van der Waals surface area contributed by atoms with E-state index < -0.39 is 0 Å². The van der Waals surface area contributed by atoms with Gasteiger partial charge in [0.15, 0.2) is 0 Å². The van der Waals surface area contributed by atoms with Crippen molar-refractivity contribution in [3.8, 4) is 0 Å². The van der Waals surface area contributed by atoms with Gasteiger partial charge in [0.2, 0.25) is 0 Å². The first kappa shape index (κ1) is 14.6. The lowest BCUT2D eigenvalue weighted by Crippen LogP contribution is -2.25. The molecule has 0 aliphatic heterocycles. The van der Waals surface area contributed by atoms with Crippen LogP contribution >= 0.6 is 27.7 Å². The number of halogens is 2. The van der Waals surface area contributed by atoms with E-state index in [2.05, 4.69) is 28.1 Å². The van der Waals surface area contributed by atoms with Gasteiger partial charge in [-0.05, 0) is 42.3 Å². The quantitative estimate of drug-likeness (QED) is 0.824. The highest BCUT2D eigenvalue weighted by molar-refractivity contribution is 9.10. The molecule has 1 nitrogen and oxygen atoms in total. The molecular weight excluding hydrogens is 325 g/mol. The molecule has 0 saturated heterocycles. The van der Waals surface area contributed by atoms with Gasteiger partial charge in [0.25, 0.3) is 0 Å². The molecule has 0 bridgehead atoms. The van der Waals surface area contributed by atoms with Gasteiger partial charge in [-0.25, -0.2) is 4.39 Å². The van der Waals surface area contributed by atoms with Crippen LogP contribution in [0.4, 0.5) is 4.39 Å². The zero-order valence-corrected chi connectivity index (χ0v) is 12.8. The van der Waals surface area contributed by atoms with Crippen molar-refractivity contribution in [3.05, 3.63) is 64.4 Å². The van der Waals surface area contributed by atoms with Gasteiger partial charge in [-0.1, -0.05) is 34.1 Å². The van der Waals surface area contributed by atoms with Crippen LogP contribution < -0.4 is 5.73 Å². The van der Waals surface area contributed by atoms with E-state index in [9.17, 15) is 4.39 Å². The summed E-state index contributed by atoms with van der Waals surface area (Å²) >= 11 is 5.16. The third-order valence-electron chi connectivity index (χ3n) is 2.65. The van der Waals surface area contributed by atoms with Gasteiger partial charge >= 0.3 is 0 Å². The van der Waals surface area contributed by atoms with Crippen molar-refractivity contribution in [2.24, 2.45) is 5.73 Å². The summed E-state index contributed by atoms with van der Waals surface area (Å²) in [4.78, 5) is 1.18. The Kier molecular flexibility index (Phi) is 5.43. The van der Waals surface area contributed by atoms with E-state index in [1.54, 1.807) is 23.9 Å². The lowest BCUT2D eigenvalue weighted by molar-refractivity contribution is 0.623. The van der Waals surface area contributed by atoms with Crippen LogP contribution in [-0.2, 0) is 6.42 Å². The molecule has 0 saturated carbocycles. The van der Waals surface area contributed by atoms with Gasteiger partial charge in [-0.3, -0.25) is 0 Å². The smallest absolute Gasteiger partial charge is 0.123 e. The molecule has 0 amide bonds. The highest BCUT2D eigenvalue weighted by Crippen LogP contribution is 2.22. The second kappa shape index (κ2) is 7.08. The normalized spacial score (nSPS) is 12.4. The summed E-state index contributed by atoms with van der Waals surface area (Å²) in [7, 11) is 0. The van der Waals surface area contributed by atoms with E-state index in [0.717, 1.165) is 15.8 Å². The SMILES string of the molecule is NC(CSc1cccc(Br)c1)Cc1cccc(F)c1. The Bertz CT molecular complexity index is 547. The molecule has 2 aromatic carbocycles. The van der Waals surface area contributed by atoms with E-state index in [-0.39, 0.29) is 11.9 Å². The summed E-state index contributed by atoms with van der Waals surface area (Å²) in [5, 5.41) is 0. The van der Waals surface area contributed by atoms with Crippen LogP contribution in [0.2, 0.25) is 0 Å². The predicted octanol–water partition coefficient (Wildman–Crippen LogP) is 4.25. The van der Waals surface area contributed by atoms with E-state index in [1.165, 1.54) is 11.0 Å². The van der Waals surface area contributed by atoms with Crippen molar-refractivity contribution in [3.63, 3.8) is 0 Å². The molecule has 0 fully saturated rings. The van der Waals surface area contributed by atoms with Crippen LogP contribution in [0.5, 0.6) is 0 Å². The topological polar surface area (TPSA) is 26.0 Å². The summed E-state index contributed by atoms with van der Waals surface area (Å²) in [5.41, 5.74) is 7.03. The second-order valence-electron chi connectivity index (χ2n) is 4.36. The Morgan fingerprint density at radius 3 is 2.68 bits per heavy atom. The van der Waals surface area contributed by atoms with Gasteiger partial charge < -0.3 is 5.73 Å². The number of rotatable bonds is 5. The summed E-state index contributed by atoms with van der Waals surface area (Å²) in [6.07, 6.45) is 0.693. The first-order valence-corrected chi connectivity index (χ1v) is 7.80. The van der Waals surface area contributed by atoms with Crippen molar-refractivity contribution < 1.29 is 4.39 Å². The molecule has 0 heterocycles. The molecule has 100 valence electrons. The molecule has 1 atom stereocenters. The zero-order valence-electron chi connectivity index (χ0n) is 10.4. The monoisotopic (exact) mass is 339 g/mol. The maximum atomic E-state index is 13.1. The van der Waals surface area contributed by atoms with E-state index in [4.69, 9.17) is 5.73 Å².